The summed E-state index contributed by atoms with van der Waals surface area (Å²) in [5.41, 5.74) is 2.67. The molecule has 0 bridgehead atoms. The summed E-state index contributed by atoms with van der Waals surface area (Å²) >= 11 is 0. The molecule has 0 atom stereocenters. The number of hydrogen-bond acceptors (Lipinski definition) is 5. The van der Waals surface area contributed by atoms with Crippen LogP contribution in [0.2, 0.25) is 0 Å². The van der Waals surface area contributed by atoms with Gasteiger partial charge in [-0.1, -0.05) is 32.6 Å². The molecule has 2 rings (SSSR count). The highest BCUT2D eigenvalue weighted by Gasteiger charge is 2.21. The van der Waals surface area contributed by atoms with Crippen LogP contribution >= 0.6 is 0 Å². The zero-order valence-corrected chi connectivity index (χ0v) is 13.2. The van der Waals surface area contributed by atoms with E-state index in [1.165, 1.54) is 31.9 Å². The Morgan fingerprint density at radius 2 is 2.05 bits per heavy atom. The van der Waals surface area contributed by atoms with E-state index in [2.05, 4.69) is 22.1 Å². The fourth-order valence-corrected chi connectivity index (χ4v) is 3.94. The molecule has 1 heterocycles. The highest BCUT2D eigenvalue weighted by atomic mass is 32.2. The molecule has 7 heteroatoms. The van der Waals surface area contributed by atoms with Crippen LogP contribution in [0.15, 0.2) is 23.4 Å². The zero-order chi connectivity index (χ0) is 15.3. The van der Waals surface area contributed by atoms with Crippen LogP contribution in [0.1, 0.15) is 39.0 Å². The van der Waals surface area contributed by atoms with Crippen LogP contribution in [0.3, 0.4) is 0 Å². The van der Waals surface area contributed by atoms with Gasteiger partial charge in [-0.3, -0.25) is 5.84 Å². The number of nitrogens with zero attached hydrogens (tertiary/aromatic N) is 1. The number of nitrogens with two attached hydrogens (primary N) is 1. The van der Waals surface area contributed by atoms with E-state index in [1.807, 2.05) is 0 Å². The Morgan fingerprint density at radius 3 is 2.71 bits per heavy atom. The van der Waals surface area contributed by atoms with Crippen molar-refractivity contribution in [3.05, 3.63) is 18.3 Å². The van der Waals surface area contributed by atoms with Crippen molar-refractivity contribution < 1.29 is 8.42 Å². The first kappa shape index (κ1) is 16.2. The summed E-state index contributed by atoms with van der Waals surface area (Å²) in [6, 6.07) is 3.22. The van der Waals surface area contributed by atoms with Gasteiger partial charge in [0.05, 0.1) is 5.69 Å². The van der Waals surface area contributed by atoms with Gasteiger partial charge >= 0.3 is 0 Å². The number of nitrogen functional groups attached to an aromatic ring is 1. The fraction of sp³-hybridized carbons (Fsp3) is 0.643. The Morgan fingerprint density at radius 1 is 1.33 bits per heavy atom. The van der Waals surface area contributed by atoms with Gasteiger partial charge in [-0.25, -0.2) is 18.1 Å². The predicted octanol–water partition coefficient (Wildman–Crippen LogP) is 1.86. The molecular weight excluding hydrogens is 288 g/mol. The van der Waals surface area contributed by atoms with Gasteiger partial charge in [0.2, 0.25) is 0 Å². The number of hydrogen-bond donors (Lipinski definition) is 3. The number of nitrogens with one attached hydrogen (secondary N) is 2. The van der Waals surface area contributed by atoms with E-state index in [1.54, 1.807) is 12.1 Å². The number of aromatic nitrogens is 1. The lowest BCUT2D eigenvalue weighted by atomic mass is 9.81. The van der Waals surface area contributed by atoms with E-state index in [4.69, 9.17) is 5.84 Å². The minimum absolute atomic E-state index is 0.0511. The van der Waals surface area contributed by atoms with E-state index in [-0.39, 0.29) is 5.03 Å². The van der Waals surface area contributed by atoms with Crippen LogP contribution < -0.4 is 16.0 Å². The fourth-order valence-electron chi connectivity index (χ4n) is 2.80. The number of pyridine rings is 1. The Bertz CT molecular complexity index is 554. The molecule has 0 radical (unpaired) electrons. The van der Waals surface area contributed by atoms with E-state index in [0.717, 1.165) is 12.3 Å². The lowest BCUT2D eigenvalue weighted by molar-refractivity contribution is 0.278. The topological polar surface area (TPSA) is 97.1 Å². The summed E-state index contributed by atoms with van der Waals surface area (Å²) < 4.78 is 27.1. The molecule has 1 aliphatic carbocycles. The smallest absolute Gasteiger partial charge is 0.260 e. The van der Waals surface area contributed by atoms with Crippen LogP contribution in [0.25, 0.3) is 0 Å². The van der Waals surface area contributed by atoms with Crippen LogP contribution in [-0.2, 0) is 10.0 Å². The highest BCUT2D eigenvalue weighted by molar-refractivity contribution is 7.89. The van der Waals surface area contributed by atoms with Crippen LogP contribution in [-0.4, -0.2) is 19.9 Å². The van der Waals surface area contributed by atoms with Gasteiger partial charge in [0.15, 0.2) is 5.03 Å². The van der Waals surface area contributed by atoms with E-state index in [9.17, 15) is 8.42 Å². The molecule has 0 amide bonds. The number of sulfonamides is 1. The molecular formula is C14H24N4O2S. The third kappa shape index (κ3) is 4.39. The molecule has 0 unspecified atom stereocenters. The maximum Gasteiger partial charge on any atom is 0.260 e. The van der Waals surface area contributed by atoms with Crippen LogP contribution in [0.5, 0.6) is 0 Å². The summed E-state index contributed by atoms with van der Waals surface area (Å²) in [5, 5.41) is -0.0511. The van der Waals surface area contributed by atoms with Gasteiger partial charge in [0.1, 0.15) is 0 Å². The number of rotatable bonds is 6. The highest BCUT2D eigenvalue weighted by Crippen LogP contribution is 2.30. The van der Waals surface area contributed by atoms with Crippen molar-refractivity contribution in [2.75, 3.05) is 12.0 Å². The second-order valence-electron chi connectivity index (χ2n) is 5.81. The predicted molar refractivity (Wildman–Crippen MR) is 83.0 cm³/mol. The molecule has 6 nitrogen and oxygen atoms in total. The van der Waals surface area contributed by atoms with Crippen molar-refractivity contribution >= 4 is 15.7 Å². The van der Waals surface area contributed by atoms with Gasteiger partial charge in [0.25, 0.3) is 10.0 Å². The van der Waals surface area contributed by atoms with Crippen LogP contribution in [0.4, 0.5) is 5.69 Å². The first-order valence-corrected chi connectivity index (χ1v) is 8.92. The first-order valence-electron chi connectivity index (χ1n) is 7.44. The molecule has 0 spiro atoms. The minimum Gasteiger partial charge on any atom is -0.321 e. The van der Waals surface area contributed by atoms with E-state index >= 15 is 0 Å². The van der Waals surface area contributed by atoms with Crippen molar-refractivity contribution in [2.45, 2.75) is 44.1 Å². The van der Waals surface area contributed by atoms with Crippen molar-refractivity contribution in [1.29, 1.82) is 0 Å². The van der Waals surface area contributed by atoms with Gasteiger partial charge in [-0.2, -0.15) is 0 Å². The Labute approximate surface area is 126 Å². The second kappa shape index (κ2) is 7.20. The third-order valence-electron chi connectivity index (χ3n) is 4.16. The molecule has 1 fully saturated rings. The molecule has 0 aromatic carbocycles. The summed E-state index contributed by atoms with van der Waals surface area (Å²) in [6.07, 6.45) is 7.21. The molecule has 4 N–H and O–H groups in total. The average molecular weight is 312 g/mol. The quantitative estimate of drug-likeness (QED) is 0.550. The Hall–Kier alpha value is -1.18. The van der Waals surface area contributed by atoms with Gasteiger partial charge < -0.3 is 5.43 Å². The summed E-state index contributed by atoms with van der Waals surface area (Å²) in [5.74, 6) is 6.76. The Balaban J connectivity index is 1.89. The number of hydrazine groups is 1. The lowest BCUT2D eigenvalue weighted by Crippen LogP contribution is -2.29. The summed E-state index contributed by atoms with van der Waals surface area (Å²) in [6.45, 7) is 2.73. The summed E-state index contributed by atoms with van der Waals surface area (Å²) in [4.78, 5) is 3.90. The standard InChI is InChI=1S/C14H24N4O2S/c1-11-4-6-12(7-5-11)8-10-17-21(19,20)14-13(18-15)3-2-9-16-14/h2-3,9,11-12,17-18H,4-8,10,15H2,1H3. The van der Waals surface area contributed by atoms with Crippen molar-refractivity contribution in [1.82, 2.24) is 9.71 Å². The Kier molecular flexibility index (Phi) is 5.55. The maximum atomic E-state index is 12.2. The van der Waals surface area contributed by atoms with E-state index < -0.39 is 10.0 Å². The van der Waals surface area contributed by atoms with Gasteiger partial charge in [-0.05, 0) is 30.4 Å². The lowest BCUT2D eigenvalue weighted by Gasteiger charge is -2.26. The molecule has 21 heavy (non-hydrogen) atoms. The first-order chi connectivity index (χ1) is 10.0. The number of anilines is 1. The largest absolute Gasteiger partial charge is 0.321 e. The van der Waals surface area contributed by atoms with Gasteiger partial charge in [-0.15, -0.1) is 0 Å². The normalized spacial score (nSPS) is 23.0. The average Bonchev–Trinajstić information content (AvgIpc) is 2.49. The van der Waals surface area contributed by atoms with Crippen molar-refractivity contribution in [3.63, 3.8) is 0 Å². The monoisotopic (exact) mass is 312 g/mol. The molecule has 1 aromatic heterocycles. The minimum atomic E-state index is -3.62. The SMILES string of the molecule is CC1CCC(CCNS(=O)(=O)c2ncccc2NN)CC1. The third-order valence-corrected chi connectivity index (χ3v) is 5.58. The molecule has 1 aromatic rings. The van der Waals surface area contributed by atoms with Gasteiger partial charge in [0, 0.05) is 12.7 Å². The maximum absolute atomic E-state index is 12.2. The van der Waals surface area contributed by atoms with Crippen LogP contribution in [0, 0.1) is 11.8 Å². The molecule has 1 saturated carbocycles. The van der Waals surface area contributed by atoms with Crippen molar-refractivity contribution in [2.24, 2.45) is 17.7 Å². The second-order valence-corrected chi connectivity index (χ2v) is 7.50. The molecule has 0 saturated heterocycles. The molecule has 118 valence electrons. The zero-order valence-electron chi connectivity index (χ0n) is 12.4. The van der Waals surface area contributed by atoms with Crippen molar-refractivity contribution in [3.8, 4) is 0 Å². The molecule has 0 aliphatic heterocycles. The van der Waals surface area contributed by atoms with E-state index in [0.29, 0.717) is 18.2 Å². The molecule has 1 aliphatic rings. The summed E-state index contributed by atoms with van der Waals surface area (Å²) in [7, 11) is -3.62.